The second kappa shape index (κ2) is 7.19. The van der Waals surface area contributed by atoms with Gasteiger partial charge in [-0.3, -0.25) is 19.7 Å². The Kier molecular flexibility index (Phi) is 5.06. The summed E-state index contributed by atoms with van der Waals surface area (Å²) in [6, 6.07) is 15.9. The van der Waals surface area contributed by atoms with Crippen LogP contribution in [0.25, 0.3) is 0 Å². The summed E-state index contributed by atoms with van der Waals surface area (Å²) < 4.78 is 0. The Morgan fingerprint density at radius 2 is 1.75 bits per heavy atom. The summed E-state index contributed by atoms with van der Waals surface area (Å²) in [5.41, 5.74) is -0.290. The molecule has 0 spiro atoms. The van der Waals surface area contributed by atoms with Gasteiger partial charge in [-0.25, -0.2) is 0 Å². The molecule has 0 aliphatic heterocycles. The number of ketones is 1. The van der Waals surface area contributed by atoms with Gasteiger partial charge in [0.15, 0.2) is 5.78 Å². The van der Waals surface area contributed by atoms with Gasteiger partial charge in [0.05, 0.1) is 5.92 Å². The highest BCUT2D eigenvalue weighted by Crippen LogP contribution is 2.47. The van der Waals surface area contributed by atoms with Crippen LogP contribution in [0.1, 0.15) is 48.2 Å². The number of benzene rings is 2. The van der Waals surface area contributed by atoms with Crippen LogP contribution in [0.5, 0.6) is 0 Å². The minimum Gasteiger partial charge on any atom is -0.351 e. The zero-order chi connectivity index (χ0) is 20.5. The number of amides is 1. The Balaban J connectivity index is 2.19. The zero-order valence-electron chi connectivity index (χ0n) is 16.3. The van der Waals surface area contributed by atoms with Crippen LogP contribution in [-0.4, -0.2) is 28.7 Å². The molecule has 2 atom stereocenters. The van der Waals surface area contributed by atoms with E-state index in [1.165, 1.54) is 0 Å². The van der Waals surface area contributed by atoms with Gasteiger partial charge < -0.3 is 5.32 Å². The molecule has 1 aliphatic carbocycles. The lowest BCUT2D eigenvalue weighted by Crippen LogP contribution is -2.55. The zero-order valence-corrected chi connectivity index (χ0v) is 16.3. The fourth-order valence-corrected chi connectivity index (χ4v) is 3.97. The summed E-state index contributed by atoms with van der Waals surface area (Å²) in [6.45, 7) is 4.99. The molecule has 146 valence electrons. The quantitative estimate of drug-likeness (QED) is 0.489. The molecule has 0 heterocycles. The Bertz CT molecular complexity index is 918. The summed E-state index contributed by atoms with van der Waals surface area (Å²) in [6.07, 6.45) is 0.150. The first-order chi connectivity index (χ1) is 13.1. The number of nitro groups is 1. The van der Waals surface area contributed by atoms with Gasteiger partial charge in [0.25, 0.3) is 0 Å². The maximum absolute atomic E-state index is 13.6. The molecule has 0 radical (unpaired) electrons. The largest absolute Gasteiger partial charge is 0.351 e. The Morgan fingerprint density at radius 3 is 2.32 bits per heavy atom. The van der Waals surface area contributed by atoms with Gasteiger partial charge in [-0.15, -0.1) is 0 Å². The third kappa shape index (κ3) is 3.54. The van der Waals surface area contributed by atoms with Crippen LogP contribution < -0.4 is 5.32 Å². The van der Waals surface area contributed by atoms with E-state index in [1.807, 2.05) is 32.9 Å². The van der Waals surface area contributed by atoms with Gasteiger partial charge in [0, 0.05) is 16.0 Å². The Hall–Kier alpha value is -3.02. The molecule has 0 fully saturated rings. The third-order valence-electron chi connectivity index (χ3n) is 5.16. The molecule has 0 bridgehead atoms. The number of nitrogens with zero attached hydrogens (tertiary/aromatic N) is 1. The van der Waals surface area contributed by atoms with E-state index in [1.54, 1.807) is 42.5 Å². The van der Waals surface area contributed by atoms with Crippen molar-refractivity contribution in [3.05, 3.63) is 81.4 Å². The molecule has 2 aromatic carbocycles. The lowest BCUT2D eigenvalue weighted by Gasteiger charge is -2.35. The first-order valence-electron chi connectivity index (χ1n) is 9.27. The molecule has 1 aliphatic rings. The molecule has 6 heteroatoms. The molecule has 1 N–H and O–H groups in total. The van der Waals surface area contributed by atoms with Crippen molar-refractivity contribution in [2.24, 2.45) is 5.41 Å². The highest BCUT2D eigenvalue weighted by Gasteiger charge is 2.58. The van der Waals surface area contributed by atoms with E-state index in [9.17, 15) is 19.7 Å². The van der Waals surface area contributed by atoms with Gasteiger partial charge in [0.1, 0.15) is 5.41 Å². The number of carbonyl (C=O) groups is 2. The van der Waals surface area contributed by atoms with Crippen molar-refractivity contribution in [2.75, 3.05) is 6.54 Å². The van der Waals surface area contributed by atoms with Crippen molar-refractivity contribution in [1.82, 2.24) is 5.32 Å². The van der Waals surface area contributed by atoms with Crippen LogP contribution in [0.2, 0.25) is 0 Å². The van der Waals surface area contributed by atoms with Crippen molar-refractivity contribution in [3.63, 3.8) is 0 Å². The van der Waals surface area contributed by atoms with E-state index in [0.29, 0.717) is 11.1 Å². The number of rotatable bonds is 5. The molecule has 0 aromatic heterocycles. The molecular formula is C22H24N2O4. The smallest absolute Gasteiger partial charge is 0.235 e. The van der Waals surface area contributed by atoms with Crippen molar-refractivity contribution >= 4 is 11.7 Å². The van der Waals surface area contributed by atoms with Crippen LogP contribution in [-0.2, 0) is 11.2 Å². The molecular weight excluding hydrogens is 356 g/mol. The van der Waals surface area contributed by atoms with E-state index in [4.69, 9.17) is 0 Å². The first kappa shape index (κ1) is 19.7. The normalized spacial score (nSPS) is 19.8. The fraction of sp³-hybridized carbons (Fsp3) is 0.364. The Morgan fingerprint density at radius 1 is 1.14 bits per heavy atom. The standard InChI is InChI=1S/C22H24N2O4/c1-21(2,3)23-20(26)22(13-16-11-7-8-12-17(16)19(22)25)18(14-24(27)28)15-9-5-4-6-10-15/h4-12,18H,13-14H2,1-3H3,(H,23,26). The highest BCUT2D eigenvalue weighted by atomic mass is 16.6. The van der Waals surface area contributed by atoms with Crippen molar-refractivity contribution in [2.45, 2.75) is 38.6 Å². The second-order valence-corrected chi connectivity index (χ2v) is 8.32. The van der Waals surface area contributed by atoms with Crippen LogP contribution in [0.15, 0.2) is 54.6 Å². The lowest BCUT2D eigenvalue weighted by molar-refractivity contribution is -0.485. The molecule has 1 amide bonds. The van der Waals surface area contributed by atoms with Gasteiger partial charge in [-0.05, 0) is 38.3 Å². The van der Waals surface area contributed by atoms with Crippen LogP contribution >= 0.6 is 0 Å². The third-order valence-corrected chi connectivity index (χ3v) is 5.16. The fourth-order valence-electron chi connectivity index (χ4n) is 3.97. The van der Waals surface area contributed by atoms with E-state index < -0.39 is 34.2 Å². The maximum atomic E-state index is 13.6. The topological polar surface area (TPSA) is 89.3 Å². The van der Waals surface area contributed by atoms with Gasteiger partial charge in [-0.2, -0.15) is 0 Å². The van der Waals surface area contributed by atoms with Gasteiger partial charge >= 0.3 is 0 Å². The van der Waals surface area contributed by atoms with Crippen LogP contribution in [0, 0.1) is 15.5 Å². The number of fused-ring (bicyclic) bond motifs is 1. The van der Waals surface area contributed by atoms with Crippen LogP contribution in [0.3, 0.4) is 0 Å². The minimum atomic E-state index is -1.55. The van der Waals surface area contributed by atoms with Gasteiger partial charge in [-0.1, -0.05) is 54.6 Å². The average Bonchev–Trinajstić information content (AvgIpc) is 2.93. The molecule has 6 nitrogen and oxygen atoms in total. The number of hydrogen-bond donors (Lipinski definition) is 1. The number of hydrogen-bond acceptors (Lipinski definition) is 4. The van der Waals surface area contributed by atoms with Crippen molar-refractivity contribution < 1.29 is 14.5 Å². The molecule has 0 saturated heterocycles. The maximum Gasteiger partial charge on any atom is 0.235 e. The molecule has 28 heavy (non-hydrogen) atoms. The SMILES string of the molecule is CC(C)(C)NC(=O)C1(C(C[N+](=O)[O-])c2ccccc2)Cc2ccccc2C1=O. The molecule has 2 aromatic rings. The number of carbonyl (C=O) groups excluding carboxylic acids is 2. The molecule has 0 saturated carbocycles. The highest BCUT2D eigenvalue weighted by molar-refractivity contribution is 6.18. The predicted octanol–water partition coefficient (Wildman–Crippen LogP) is 3.39. The lowest BCUT2D eigenvalue weighted by atomic mass is 9.68. The number of nitrogens with one attached hydrogen (secondary N) is 1. The first-order valence-corrected chi connectivity index (χ1v) is 9.27. The minimum absolute atomic E-state index is 0.150. The summed E-state index contributed by atoms with van der Waals surface area (Å²) >= 11 is 0. The molecule has 3 rings (SSSR count). The van der Waals surface area contributed by atoms with E-state index in [2.05, 4.69) is 5.32 Å². The monoisotopic (exact) mass is 380 g/mol. The summed E-state index contributed by atoms with van der Waals surface area (Å²) in [7, 11) is 0. The van der Waals surface area contributed by atoms with Crippen molar-refractivity contribution in [3.8, 4) is 0 Å². The predicted molar refractivity (Wildman–Crippen MR) is 106 cm³/mol. The second-order valence-electron chi connectivity index (χ2n) is 8.32. The van der Waals surface area contributed by atoms with E-state index >= 15 is 0 Å². The van der Waals surface area contributed by atoms with E-state index in [0.717, 1.165) is 5.56 Å². The summed E-state index contributed by atoms with van der Waals surface area (Å²) in [5, 5.41) is 14.4. The van der Waals surface area contributed by atoms with Crippen molar-refractivity contribution in [1.29, 1.82) is 0 Å². The summed E-state index contributed by atoms with van der Waals surface area (Å²) in [5.74, 6) is -1.68. The summed E-state index contributed by atoms with van der Waals surface area (Å²) in [4.78, 5) is 38.1. The number of Topliss-reactive ketones (excluding diaryl/α,β-unsaturated/α-hetero) is 1. The van der Waals surface area contributed by atoms with Crippen LogP contribution in [0.4, 0.5) is 0 Å². The Labute approximate surface area is 164 Å². The molecule has 2 unspecified atom stereocenters. The van der Waals surface area contributed by atoms with Gasteiger partial charge in [0.2, 0.25) is 12.5 Å². The van der Waals surface area contributed by atoms with E-state index in [-0.39, 0.29) is 12.2 Å². The average molecular weight is 380 g/mol.